The largest absolute Gasteiger partial charge is 0.385 e. The van der Waals surface area contributed by atoms with Gasteiger partial charge in [0.2, 0.25) is 0 Å². The fourth-order valence-electron chi connectivity index (χ4n) is 5.62. The molecule has 1 aliphatic heterocycles. The standard InChI is InChI=1S/C26H32N8O/c1-16-27-22(33-14-19(15-33)25-30-20-11-7-8-12-21(20)32(25)3)13-23(28-16)34-26(29-17(2)31-34)24(35)18-9-5-4-6-10-18/h7-8,11-13,18-19,24,35H,4-6,9-10,14-15H2,1-3H3. The van der Waals surface area contributed by atoms with E-state index in [1.165, 1.54) is 6.42 Å². The van der Waals surface area contributed by atoms with Gasteiger partial charge in [-0.1, -0.05) is 31.4 Å². The summed E-state index contributed by atoms with van der Waals surface area (Å²) in [5.41, 5.74) is 2.20. The Hall–Kier alpha value is -3.33. The number of imidazole rings is 1. The van der Waals surface area contributed by atoms with Gasteiger partial charge in [-0.3, -0.25) is 0 Å². The number of aliphatic hydroxyl groups is 1. The summed E-state index contributed by atoms with van der Waals surface area (Å²) in [7, 11) is 2.09. The van der Waals surface area contributed by atoms with Crippen LogP contribution in [0.3, 0.4) is 0 Å². The van der Waals surface area contributed by atoms with Crippen LogP contribution in [0.15, 0.2) is 30.3 Å². The Bertz CT molecular complexity index is 1360. The maximum atomic E-state index is 11.2. The molecule has 1 N–H and O–H groups in total. The zero-order valence-electron chi connectivity index (χ0n) is 20.6. The number of aromatic nitrogens is 7. The third-order valence-corrected chi connectivity index (χ3v) is 7.52. The zero-order valence-corrected chi connectivity index (χ0v) is 20.6. The van der Waals surface area contributed by atoms with Crippen molar-refractivity contribution in [3.8, 4) is 5.82 Å². The van der Waals surface area contributed by atoms with Gasteiger partial charge in [0.15, 0.2) is 11.6 Å². The lowest BCUT2D eigenvalue weighted by atomic mass is 9.85. The summed E-state index contributed by atoms with van der Waals surface area (Å²) in [6.45, 7) is 5.46. The molecule has 1 atom stereocenters. The molecule has 6 rings (SSSR count). The third-order valence-electron chi connectivity index (χ3n) is 7.52. The van der Waals surface area contributed by atoms with Gasteiger partial charge in [-0.05, 0) is 44.7 Å². The summed E-state index contributed by atoms with van der Waals surface area (Å²) in [5, 5.41) is 15.8. The van der Waals surface area contributed by atoms with Crippen molar-refractivity contribution < 1.29 is 5.11 Å². The van der Waals surface area contributed by atoms with Gasteiger partial charge in [-0.15, -0.1) is 5.10 Å². The first-order chi connectivity index (χ1) is 17.0. The van der Waals surface area contributed by atoms with Crippen molar-refractivity contribution in [2.75, 3.05) is 18.0 Å². The van der Waals surface area contributed by atoms with Gasteiger partial charge >= 0.3 is 0 Å². The van der Waals surface area contributed by atoms with Crippen LogP contribution in [0.2, 0.25) is 0 Å². The van der Waals surface area contributed by atoms with Gasteiger partial charge in [0, 0.05) is 26.2 Å². The van der Waals surface area contributed by atoms with Crippen LogP contribution >= 0.6 is 0 Å². The predicted molar refractivity (Wildman–Crippen MR) is 134 cm³/mol. The average molecular weight is 473 g/mol. The van der Waals surface area contributed by atoms with E-state index in [1.807, 2.05) is 26.0 Å². The number of anilines is 1. The molecule has 3 aromatic heterocycles. The Balaban J connectivity index is 1.26. The number of hydrogen-bond donors (Lipinski definition) is 1. The second-order valence-corrected chi connectivity index (χ2v) is 10.0. The molecule has 1 aromatic carbocycles. The molecule has 2 aliphatic rings. The molecule has 182 valence electrons. The molecule has 0 amide bonds. The minimum absolute atomic E-state index is 0.220. The quantitative estimate of drug-likeness (QED) is 0.472. The van der Waals surface area contributed by atoms with Crippen molar-refractivity contribution >= 4 is 16.9 Å². The summed E-state index contributed by atoms with van der Waals surface area (Å²) in [6.07, 6.45) is 4.98. The van der Waals surface area contributed by atoms with Crippen molar-refractivity contribution in [3.63, 3.8) is 0 Å². The molecular formula is C26H32N8O. The number of aryl methyl sites for hydroxylation is 3. The lowest BCUT2D eigenvalue weighted by Gasteiger charge is -2.39. The van der Waals surface area contributed by atoms with Crippen LogP contribution in [0, 0.1) is 19.8 Å². The number of fused-ring (bicyclic) bond motifs is 1. The Labute approximate surface area is 204 Å². The van der Waals surface area contributed by atoms with Crippen LogP contribution < -0.4 is 4.90 Å². The SMILES string of the molecule is Cc1nc(N2CC(c3nc4ccccc4n3C)C2)cc(-n2nc(C)nc2C(O)C2CCCCC2)n1. The molecule has 1 saturated heterocycles. The van der Waals surface area contributed by atoms with E-state index in [2.05, 4.69) is 49.8 Å². The molecule has 9 nitrogen and oxygen atoms in total. The van der Waals surface area contributed by atoms with Crippen LogP contribution in [-0.4, -0.2) is 52.5 Å². The van der Waals surface area contributed by atoms with Crippen LogP contribution in [0.25, 0.3) is 16.9 Å². The lowest BCUT2D eigenvalue weighted by molar-refractivity contribution is 0.0751. The number of rotatable bonds is 5. The minimum Gasteiger partial charge on any atom is -0.385 e. The molecule has 9 heteroatoms. The first-order valence-electron chi connectivity index (χ1n) is 12.6. The molecule has 4 aromatic rings. The summed E-state index contributed by atoms with van der Waals surface area (Å²) < 4.78 is 3.92. The van der Waals surface area contributed by atoms with Gasteiger partial charge in [-0.25, -0.2) is 19.9 Å². The Morgan fingerprint density at radius 2 is 1.66 bits per heavy atom. The summed E-state index contributed by atoms with van der Waals surface area (Å²) in [4.78, 5) is 21.1. The van der Waals surface area contributed by atoms with Gasteiger partial charge in [0.1, 0.15) is 29.4 Å². The van der Waals surface area contributed by atoms with E-state index < -0.39 is 6.10 Å². The molecule has 2 fully saturated rings. The van der Waals surface area contributed by atoms with E-state index in [0.29, 0.717) is 29.2 Å². The number of benzene rings is 1. The minimum atomic E-state index is -0.638. The van der Waals surface area contributed by atoms with E-state index in [-0.39, 0.29) is 5.92 Å². The fourth-order valence-corrected chi connectivity index (χ4v) is 5.62. The molecule has 4 heterocycles. The fraction of sp³-hybridized carbons (Fsp3) is 0.500. The number of aliphatic hydroxyl groups excluding tert-OH is 1. The number of hydrogen-bond acceptors (Lipinski definition) is 7. The first kappa shape index (κ1) is 22.2. The molecule has 0 spiro atoms. The maximum absolute atomic E-state index is 11.2. The van der Waals surface area contributed by atoms with Crippen molar-refractivity contribution in [1.82, 2.24) is 34.3 Å². The van der Waals surface area contributed by atoms with Crippen molar-refractivity contribution in [2.24, 2.45) is 13.0 Å². The highest BCUT2D eigenvalue weighted by molar-refractivity contribution is 5.76. The van der Waals surface area contributed by atoms with Gasteiger partial charge < -0.3 is 14.6 Å². The van der Waals surface area contributed by atoms with Gasteiger partial charge in [-0.2, -0.15) is 4.68 Å². The summed E-state index contributed by atoms with van der Waals surface area (Å²) in [6, 6.07) is 10.2. The number of para-hydroxylation sites is 2. The van der Waals surface area contributed by atoms with Crippen molar-refractivity contribution in [2.45, 2.75) is 58.0 Å². The molecule has 0 bridgehead atoms. The molecule has 1 unspecified atom stereocenters. The normalized spacial score (nSPS) is 18.2. The van der Waals surface area contributed by atoms with E-state index in [0.717, 1.165) is 61.4 Å². The summed E-state index contributed by atoms with van der Waals surface area (Å²) >= 11 is 0. The molecule has 0 radical (unpaired) electrons. The van der Waals surface area contributed by atoms with Crippen molar-refractivity contribution in [1.29, 1.82) is 0 Å². The highest BCUT2D eigenvalue weighted by Crippen LogP contribution is 2.35. The van der Waals surface area contributed by atoms with Crippen molar-refractivity contribution in [3.05, 3.63) is 53.6 Å². The van der Waals surface area contributed by atoms with E-state index in [1.54, 1.807) is 4.68 Å². The van der Waals surface area contributed by atoms with Crippen LogP contribution in [0.5, 0.6) is 0 Å². The van der Waals surface area contributed by atoms with E-state index >= 15 is 0 Å². The smallest absolute Gasteiger partial charge is 0.163 e. The Morgan fingerprint density at radius 1 is 0.914 bits per heavy atom. The topological polar surface area (TPSA) is 97.8 Å². The lowest BCUT2D eigenvalue weighted by Crippen LogP contribution is -2.46. The first-order valence-corrected chi connectivity index (χ1v) is 12.6. The second kappa shape index (κ2) is 8.71. The van der Waals surface area contributed by atoms with Crippen LogP contribution in [0.4, 0.5) is 5.82 Å². The van der Waals surface area contributed by atoms with Gasteiger partial charge in [0.05, 0.1) is 17.0 Å². The molecule has 1 saturated carbocycles. The Kier molecular flexibility index (Phi) is 5.51. The molecule has 1 aliphatic carbocycles. The number of nitrogens with zero attached hydrogens (tertiary/aromatic N) is 8. The summed E-state index contributed by atoms with van der Waals surface area (Å²) in [5.74, 6) is 5.10. The van der Waals surface area contributed by atoms with Crippen LogP contribution in [-0.2, 0) is 7.05 Å². The van der Waals surface area contributed by atoms with Crippen LogP contribution in [0.1, 0.15) is 67.4 Å². The highest BCUT2D eigenvalue weighted by atomic mass is 16.3. The van der Waals surface area contributed by atoms with E-state index in [9.17, 15) is 5.11 Å². The molecule has 35 heavy (non-hydrogen) atoms. The monoisotopic (exact) mass is 472 g/mol. The van der Waals surface area contributed by atoms with Gasteiger partial charge in [0.25, 0.3) is 0 Å². The average Bonchev–Trinajstić information content (AvgIpc) is 3.38. The maximum Gasteiger partial charge on any atom is 0.163 e. The van der Waals surface area contributed by atoms with E-state index in [4.69, 9.17) is 9.97 Å². The zero-order chi connectivity index (χ0) is 24.1. The second-order valence-electron chi connectivity index (χ2n) is 10.0. The Morgan fingerprint density at radius 3 is 2.43 bits per heavy atom. The highest BCUT2D eigenvalue weighted by Gasteiger charge is 2.34. The third kappa shape index (κ3) is 3.97. The molecular weight excluding hydrogens is 440 g/mol. The predicted octanol–water partition coefficient (Wildman–Crippen LogP) is 3.78.